The molecule has 2 aliphatic rings. The van der Waals surface area contributed by atoms with Gasteiger partial charge in [-0.2, -0.15) is 0 Å². The van der Waals surface area contributed by atoms with Crippen molar-refractivity contribution in [3.63, 3.8) is 0 Å². The summed E-state index contributed by atoms with van der Waals surface area (Å²) >= 11 is 0. The van der Waals surface area contributed by atoms with Gasteiger partial charge in [-0.25, -0.2) is 0 Å². The predicted molar refractivity (Wildman–Crippen MR) is 93.3 cm³/mol. The molecule has 2 saturated heterocycles. The monoisotopic (exact) mass is 428 g/mol. The Labute approximate surface area is 167 Å². The molecule has 0 bridgehead atoms. The summed E-state index contributed by atoms with van der Waals surface area (Å²) in [6.45, 7) is 1.81. The van der Waals surface area contributed by atoms with Crippen LogP contribution in [0.5, 0.6) is 0 Å². The van der Waals surface area contributed by atoms with Crippen molar-refractivity contribution in [1.82, 2.24) is 0 Å². The van der Waals surface area contributed by atoms with Crippen LogP contribution in [0.1, 0.15) is 20.3 Å². The Morgan fingerprint density at radius 3 is 1.83 bits per heavy atom. The van der Waals surface area contributed by atoms with E-state index in [0.29, 0.717) is 0 Å². The van der Waals surface area contributed by atoms with E-state index in [1.165, 1.54) is 0 Å². The van der Waals surface area contributed by atoms with Crippen LogP contribution in [-0.2, 0) is 18.9 Å². The van der Waals surface area contributed by atoms with E-state index < -0.39 is 80.2 Å². The van der Waals surface area contributed by atoms with Gasteiger partial charge in [-0.05, 0) is 20.3 Å². The lowest BCUT2D eigenvalue weighted by Gasteiger charge is -2.47. The Hall–Kier alpha value is -0.480. The van der Waals surface area contributed by atoms with Crippen LogP contribution in [-0.4, -0.2) is 128 Å². The highest BCUT2D eigenvalue weighted by molar-refractivity contribution is 4.94. The van der Waals surface area contributed by atoms with Crippen molar-refractivity contribution in [1.29, 1.82) is 0 Å². The first-order valence-electron chi connectivity index (χ1n) is 9.43. The molecule has 29 heavy (non-hydrogen) atoms. The van der Waals surface area contributed by atoms with Crippen LogP contribution in [0.2, 0.25) is 0 Å². The van der Waals surface area contributed by atoms with E-state index in [1.54, 1.807) is 13.8 Å². The molecule has 10 unspecified atom stereocenters. The number of hydrogen-bond acceptors (Lipinski definition) is 12. The lowest BCUT2D eigenvalue weighted by atomic mass is 9.96. The molecule has 172 valence electrons. The minimum Gasteiger partial charge on any atom is -0.396 e. The molecular weight excluding hydrogens is 396 g/mol. The molecule has 2 fully saturated rings. The van der Waals surface area contributed by atoms with Crippen molar-refractivity contribution in [2.45, 2.75) is 87.3 Å². The first-order chi connectivity index (χ1) is 13.6. The van der Waals surface area contributed by atoms with Gasteiger partial charge in [0, 0.05) is 6.61 Å². The van der Waals surface area contributed by atoms with Crippen LogP contribution in [0.4, 0.5) is 0 Å². The van der Waals surface area contributed by atoms with Crippen LogP contribution in [0.15, 0.2) is 0 Å². The third-order valence-corrected chi connectivity index (χ3v) is 5.11. The summed E-state index contributed by atoms with van der Waals surface area (Å²) in [4.78, 5) is 0. The lowest BCUT2D eigenvalue weighted by Crippen LogP contribution is -2.65. The van der Waals surface area contributed by atoms with Crippen molar-refractivity contribution >= 4 is 0 Å². The van der Waals surface area contributed by atoms with E-state index in [0.717, 1.165) is 0 Å². The van der Waals surface area contributed by atoms with Crippen LogP contribution >= 0.6 is 0 Å². The fourth-order valence-electron chi connectivity index (χ4n) is 3.30. The number of hydrogen-bond donors (Lipinski definition) is 8. The standard InChI is InChI=1S/C17H32O12/c1-17(2,3-4-18)29-16-13(25)11(23)14(8(6-20)27-16)28-15-12(24)10(22)9(21)7(5-19)26-15/h7-16,18-25H,3-6H2,1-2H3. The summed E-state index contributed by atoms with van der Waals surface area (Å²) in [5.74, 6) is 0. The van der Waals surface area contributed by atoms with E-state index in [1.807, 2.05) is 0 Å². The summed E-state index contributed by atoms with van der Waals surface area (Å²) in [5.41, 5.74) is -0.898. The van der Waals surface area contributed by atoms with Crippen LogP contribution in [0.3, 0.4) is 0 Å². The third kappa shape index (κ3) is 5.61. The Bertz CT molecular complexity index is 501. The third-order valence-electron chi connectivity index (χ3n) is 5.11. The number of ether oxygens (including phenoxy) is 4. The molecule has 2 rings (SSSR count). The van der Waals surface area contributed by atoms with Gasteiger partial charge in [0.15, 0.2) is 12.6 Å². The van der Waals surface area contributed by atoms with Crippen LogP contribution in [0, 0.1) is 0 Å². The molecule has 2 heterocycles. The molecule has 12 nitrogen and oxygen atoms in total. The minimum absolute atomic E-state index is 0.176. The largest absolute Gasteiger partial charge is 0.396 e. The van der Waals surface area contributed by atoms with E-state index in [2.05, 4.69) is 0 Å². The molecule has 0 aromatic heterocycles. The molecule has 10 atom stereocenters. The molecule has 8 N–H and O–H groups in total. The Balaban J connectivity index is 2.11. The number of aliphatic hydroxyl groups is 8. The predicted octanol–water partition coefficient (Wildman–Crippen LogP) is -4.21. The average Bonchev–Trinajstić information content (AvgIpc) is 2.67. The van der Waals surface area contributed by atoms with Crippen molar-refractivity contribution in [3.8, 4) is 0 Å². The molecule has 0 aromatic rings. The fraction of sp³-hybridized carbons (Fsp3) is 1.00. The van der Waals surface area contributed by atoms with Gasteiger partial charge in [-0.3, -0.25) is 0 Å². The van der Waals surface area contributed by atoms with Gasteiger partial charge in [0.25, 0.3) is 0 Å². The molecule has 0 radical (unpaired) electrons. The van der Waals surface area contributed by atoms with Gasteiger partial charge >= 0.3 is 0 Å². The number of aliphatic hydroxyl groups excluding tert-OH is 8. The summed E-state index contributed by atoms with van der Waals surface area (Å²) < 4.78 is 21.8. The topological polar surface area (TPSA) is 199 Å². The Morgan fingerprint density at radius 2 is 1.28 bits per heavy atom. The van der Waals surface area contributed by atoms with Gasteiger partial charge < -0.3 is 59.8 Å². The highest BCUT2D eigenvalue weighted by Crippen LogP contribution is 2.31. The zero-order valence-electron chi connectivity index (χ0n) is 16.3. The highest BCUT2D eigenvalue weighted by atomic mass is 16.7. The first kappa shape index (κ1) is 24.8. The minimum atomic E-state index is -1.73. The molecule has 0 aliphatic carbocycles. The smallest absolute Gasteiger partial charge is 0.187 e. The second kappa shape index (κ2) is 10.2. The molecule has 12 heteroatoms. The SMILES string of the molecule is CC(C)(CCO)OC1OC(CO)C(OC2OC(CO)C(O)C(O)C2O)C(O)C1O. The zero-order chi connectivity index (χ0) is 21.9. The van der Waals surface area contributed by atoms with Gasteiger partial charge in [-0.1, -0.05) is 0 Å². The summed E-state index contributed by atoms with van der Waals surface area (Å²) in [5, 5.41) is 78.6. The molecule has 0 amide bonds. The Morgan fingerprint density at radius 1 is 0.724 bits per heavy atom. The second-order valence-corrected chi connectivity index (χ2v) is 7.86. The normalized spacial score (nSPS) is 44.1. The maximum absolute atomic E-state index is 10.5. The summed E-state index contributed by atoms with van der Waals surface area (Å²) in [7, 11) is 0. The Kier molecular flexibility index (Phi) is 8.73. The van der Waals surface area contributed by atoms with Gasteiger partial charge in [-0.15, -0.1) is 0 Å². The fourth-order valence-corrected chi connectivity index (χ4v) is 3.30. The van der Waals surface area contributed by atoms with Gasteiger partial charge in [0.2, 0.25) is 0 Å². The molecule has 2 aliphatic heterocycles. The zero-order valence-corrected chi connectivity index (χ0v) is 16.3. The van der Waals surface area contributed by atoms with Gasteiger partial charge in [0.05, 0.1) is 18.8 Å². The van der Waals surface area contributed by atoms with E-state index in [-0.39, 0.29) is 13.0 Å². The molecule has 0 aromatic carbocycles. The quantitative estimate of drug-likeness (QED) is 0.186. The summed E-state index contributed by atoms with van der Waals surface area (Å²) in [6.07, 6.45) is -14.8. The van der Waals surface area contributed by atoms with E-state index in [4.69, 9.17) is 24.1 Å². The molecule has 0 spiro atoms. The van der Waals surface area contributed by atoms with E-state index in [9.17, 15) is 35.7 Å². The molecule has 0 saturated carbocycles. The maximum Gasteiger partial charge on any atom is 0.187 e. The second-order valence-electron chi connectivity index (χ2n) is 7.86. The van der Waals surface area contributed by atoms with Gasteiger partial charge in [0.1, 0.15) is 48.8 Å². The van der Waals surface area contributed by atoms with Crippen LogP contribution < -0.4 is 0 Å². The molecular formula is C17H32O12. The average molecular weight is 428 g/mol. The van der Waals surface area contributed by atoms with Crippen molar-refractivity contribution < 1.29 is 59.8 Å². The van der Waals surface area contributed by atoms with Crippen molar-refractivity contribution in [2.75, 3.05) is 19.8 Å². The van der Waals surface area contributed by atoms with E-state index >= 15 is 0 Å². The maximum atomic E-state index is 10.5. The highest BCUT2D eigenvalue weighted by Gasteiger charge is 2.51. The van der Waals surface area contributed by atoms with Crippen molar-refractivity contribution in [2.24, 2.45) is 0 Å². The lowest BCUT2D eigenvalue weighted by molar-refractivity contribution is -0.367. The van der Waals surface area contributed by atoms with Crippen molar-refractivity contribution in [3.05, 3.63) is 0 Å². The van der Waals surface area contributed by atoms with Crippen LogP contribution in [0.25, 0.3) is 0 Å². The first-order valence-corrected chi connectivity index (χ1v) is 9.43. The summed E-state index contributed by atoms with van der Waals surface area (Å²) in [6, 6.07) is 0. The number of rotatable bonds is 8.